The van der Waals surface area contributed by atoms with E-state index >= 15 is 0 Å². The molecule has 0 saturated carbocycles. The van der Waals surface area contributed by atoms with Crippen LogP contribution in [0.4, 0.5) is 0 Å². The van der Waals surface area contributed by atoms with Crippen molar-refractivity contribution in [1.82, 2.24) is 4.90 Å². The summed E-state index contributed by atoms with van der Waals surface area (Å²) in [6.07, 6.45) is 2.15. The third kappa shape index (κ3) is 5.63. The summed E-state index contributed by atoms with van der Waals surface area (Å²) in [6, 6.07) is 20.8. The van der Waals surface area contributed by atoms with Gasteiger partial charge < -0.3 is 4.74 Å². The van der Waals surface area contributed by atoms with E-state index in [1.165, 1.54) is 22.3 Å². The topological polar surface area (TPSA) is 12.5 Å². The summed E-state index contributed by atoms with van der Waals surface area (Å²) in [5.74, 6) is 1.73. The molecular formula is C27H29Cl2NO. The standard InChI is InChI=1S/C27H29Cl2NO/c1-27(2,3)22-9-11-23(12-10-22)31-24-8-4-6-19(14-24)17-30-13-5-7-20-15-25(28)26(29)16-21(20)18-30/h4,6,8-12,14-16H,5,7,13,17-18H2,1-3H3. The van der Waals surface area contributed by atoms with E-state index in [1.807, 2.05) is 30.3 Å². The molecule has 3 aromatic carbocycles. The van der Waals surface area contributed by atoms with Gasteiger partial charge in [-0.15, -0.1) is 0 Å². The molecule has 1 aliphatic heterocycles. The smallest absolute Gasteiger partial charge is 0.127 e. The van der Waals surface area contributed by atoms with E-state index < -0.39 is 0 Å². The molecule has 0 fully saturated rings. The number of aryl methyl sites for hydroxylation is 1. The minimum absolute atomic E-state index is 0.139. The fourth-order valence-electron chi connectivity index (χ4n) is 4.08. The molecule has 2 nitrogen and oxygen atoms in total. The molecule has 1 aliphatic rings. The minimum atomic E-state index is 0.139. The molecule has 0 saturated heterocycles. The Morgan fingerprint density at radius 2 is 1.58 bits per heavy atom. The van der Waals surface area contributed by atoms with Crippen molar-refractivity contribution in [3.63, 3.8) is 0 Å². The number of nitrogens with zero attached hydrogens (tertiary/aromatic N) is 1. The van der Waals surface area contributed by atoms with E-state index in [0.717, 1.165) is 44.0 Å². The number of hydrogen-bond acceptors (Lipinski definition) is 2. The Kier molecular flexibility index (Phi) is 6.62. The quantitative estimate of drug-likeness (QED) is 0.396. The van der Waals surface area contributed by atoms with Gasteiger partial charge in [0, 0.05) is 13.1 Å². The van der Waals surface area contributed by atoms with Crippen molar-refractivity contribution in [2.75, 3.05) is 6.54 Å². The highest BCUT2D eigenvalue weighted by Gasteiger charge is 2.17. The molecule has 0 aromatic heterocycles. The van der Waals surface area contributed by atoms with Gasteiger partial charge in [0.15, 0.2) is 0 Å². The second-order valence-corrected chi connectivity index (χ2v) is 10.2. The first-order valence-electron chi connectivity index (χ1n) is 10.8. The average Bonchev–Trinajstić information content (AvgIpc) is 2.90. The maximum atomic E-state index is 6.27. The summed E-state index contributed by atoms with van der Waals surface area (Å²) >= 11 is 12.5. The lowest BCUT2D eigenvalue weighted by Crippen LogP contribution is -2.22. The number of fused-ring (bicyclic) bond motifs is 1. The Bertz CT molecular complexity index is 1050. The summed E-state index contributed by atoms with van der Waals surface area (Å²) in [7, 11) is 0. The van der Waals surface area contributed by atoms with Crippen LogP contribution in [0.1, 0.15) is 49.4 Å². The molecule has 0 unspecified atom stereocenters. The number of rotatable bonds is 4. The summed E-state index contributed by atoms with van der Waals surface area (Å²) in [5.41, 5.74) is 5.27. The Labute approximate surface area is 195 Å². The van der Waals surface area contributed by atoms with Crippen LogP contribution in [0, 0.1) is 0 Å². The molecule has 0 N–H and O–H groups in total. The van der Waals surface area contributed by atoms with Crippen LogP contribution in [0.5, 0.6) is 11.5 Å². The molecule has 0 radical (unpaired) electrons. The van der Waals surface area contributed by atoms with Crippen LogP contribution >= 0.6 is 23.2 Å². The van der Waals surface area contributed by atoms with Crippen molar-refractivity contribution < 1.29 is 4.74 Å². The zero-order chi connectivity index (χ0) is 22.0. The predicted octanol–water partition coefficient (Wildman–Crippen LogP) is 8.03. The predicted molar refractivity (Wildman–Crippen MR) is 131 cm³/mol. The lowest BCUT2D eigenvalue weighted by Gasteiger charge is -2.21. The van der Waals surface area contributed by atoms with Crippen molar-refractivity contribution in [2.24, 2.45) is 0 Å². The summed E-state index contributed by atoms with van der Waals surface area (Å²) in [4.78, 5) is 2.47. The van der Waals surface area contributed by atoms with Gasteiger partial charge in [0.25, 0.3) is 0 Å². The fourth-order valence-corrected chi connectivity index (χ4v) is 4.45. The second-order valence-electron chi connectivity index (χ2n) is 9.37. The van der Waals surface area contributed by atoms with E-state index in [2.05, 4.69) is 56.0 Å². The van der Waals surface area contributed by atoms with Crippen LogP contribution in [0.3, 0.4) is 0 Å². The van der Waals surface area contributed by atoms with Crippen molar-refractivity contribution in [3.05, 3.63) is 93.0 Å². The van der Waals surface area contributed by atoms with Gasteiger partial charge in [-0.05, 0) is 83.5 Å². The van der Waals surface area contributed by atoms with Gasteiger partial charge in [0.2, 0.25) is 0 Å². The van der Waals surface area contributed by atoms with E-state index in [0.29, 0.717) is 10.0 Å². The van der Waals surface area contributed by atoms with Crippen LogP contribution in [0.15, 0.2) is 60.7 Å². The lowest BCUT2D eigenvalue weighted by atomic mass is 9.87. The second kappa shape index (κ2) is 9.24. The molecular weight excluding hydrogens is 425 g/mol. The van der Waals surface area contributed by atoms with Gasteiger partial charge in [-0.3, -0.25) is 4.90 Å². The molecule has 0 aliphatic carbocycles. The van der Waals surface area contributed by atoms with Gasteiger partial charge >= 0.3 is 0 Å². The summed E-state index contributed by atoms with van der Waals surface area (Å²) in [5, 5.41) is 1.28. The Morgan fingerprint density at radius 1 is 0.871 bits per heavy atom. The number of ether oxygens (including phenoxy) is 1. The summed E-state index contributed by atoms with van der Waals surface area (Å²) < 4.78 is 6.14. The van der Waals surface area contributed by atoms with Crippen LogP contribution in [-0.4, -0.2) is 11.4 Å². The zero-order valence-electron chi connectivity index (χ0n) is 18.4. The molecule has 1 heterocycles. The van der Waals surface area contributed by atoms with Gasteiger partial charge in [-0.1, -0.05) is 68.2 Å². The number of halogens is 2. The first kappa shape index (κ1) is 22.2. The Balaban J connectivity index is 1.45. The molecule has 0 atom stereocenters. The lowest BCUT2D eigenvalue weighted by molar-refractivity contribution is 0.261. The van der Waals surface area contributed by atoms with Crippen LogP contribution in [-0.2, 0) is 24.9 Å². The molecule has 31 heavy (non-hydrogen) atoms. The molecule has 162 valence electrons. The molecule has 4 rings (SSSR count). The van der Waals surface area contributed by atoms with Crippen LogP contribution in [0.25, 0.3) is 0 Å². The molecule has 0 spiro atoms. The Hall–Kier alpha value is -2.00. The largest absolute Gasteiger partial charge is 0.457 e. The first-order chi connectivity index (χ1) is 14.8. The minimum Gasteiger partial charge on any atom is -0.457 e. The van der Waals surface area contributed by atoms with Gasteiger partial charge in [0.05, 0.1) is 10.0 Å². The Morgan fingerprint density at radius 3 is 2.29 bits per heavy atom. The number of hydrogen-bond donors (Lipinski definition) is 0. The fraction of sp³-hybridized carbons (Fsp3) is 0.333. The average molecular weight is 454 g/mol. The van der Waals surface area contributed by atoms with Crippen molar-refractivity contribution in [1.29, 1.82) is 0 Å². The highest BCUT2D eigenvalue weighted by atomic mass is 35.5. The van der Waals surface area contributed by atoms with Gasteiger partial charge in [-0.25, -0.2) is 0 Å². The third-order valence-corrected chi connectivity index (χ3v) is 6.54. The van der Waals surface area contributed by atoms with Crippen molar-refractivity contribution in [2.45, 2.75) is 52.1 Å². The highest BCUT2D eigenvalue weighted by Crippen LogP contribution is 2.31. The van der Waals surface area contributed by atoms with Gasteiger partial charge in [0.1, 0.15) is 11.5 Å². The van der Waals surface area contributed by atoms with Crippen LogP contribution in [0.2, 0.25) is 10.0 Å². The highest BCUT2D eigenvalue weighted by molar-refractivity contribution is 6.42. The maximum absolute atomic E-state index is 6.27. The first-order valence-corrected chi connectivity index (χ1v) is 11.6. The van der Waals surface area contributed by atoms with Crippen molar-refractivity contribution >= 4 is 23.2 Å². The number of benzene rings is 3. The monoisotopic (exact) mass is 453 g/mol. The zero-order valence-corrected chi connectivity index (χ0v) is 19.9. The van der Waals surface area contributed by atoms with Gasteiger partial charge in [-0.2, -0.15) is 0 Å². The SMILES string of the molecule is CC(C)(C)c1ccc(Oc2cccc(CN3CCCc4cc(Cl)c(Cl)cc4C3)c2)cc1. The maximum Gasteiger partial charge on any atom is 0.127 e. The van der Waals surface area contributed by atoms with E-state index in [9.17, 15) is 0 Å². The van der Waals surface area contributed by atoms with Crippen molar-refractivity contribution in [3.8, 4) is 11.5 Å². The normalized spacial score (nSPS) is 14.7. The molecule has 4 heteroatoms. The molecule has 0 amide bonds. The van der Waals surface area contributed by atoms with E-state index in [4.69, 9.17) is 27.9 Å². The summed E-state index contributed by atoms with van der Waals surface area (Å²) in [6.45, 7) is 9.46. The molecule has 0 bridgehead atoms. The van der Waals surface area contributed by atoms with E-state index in [1.54, 1.807) is 0 Å². The van der Waals surface area contributed by atoms with E-state index in [-0.39, 0.29) is 5.41 Å². The van der Waals surface area contributed by atoms with Crippen LogP contribution < -0.4 is 4.74 Å². The third-order valence-electron chi connectivity index (χ3n) is 5.82. The molecule has 3 aromatic rings.